The lowest BCUT2D eigenvalue weighted by molar-refractivity contribution is -0.142. The fourth-order valence-corrected chi connectivity index (χ4v) is 6.33. The highest BCUT2D eigenvalue weighted by molar-refractivity contribution is 7.92. The van der Waals surface area contributed by atoms with Crippen LogP contribution in [-0.4, -0.2) is 85.6 Å². The molecule has 3 amide bonds. The molecular formula is C20H23F3N4O5S. The van der Waals surface area contributed by atoms with E-state index < -0.39 is 25.8 Å². The smallest absolute Gasteiger partial charge is 0.369 e. The van der Waals surface area contributed by atoms with Gasteiger partial charge in [0.25, 0.3) is 9.84 Å². The predicted octanol–water partition coefficient (Wildman–Crippen LogP) is 0.950. The highest BCUT2D eigenvalue weighted by atomic mass is 32.2. The molecule has 5 rings (SSSR count). The minimum Gasteiger partial charge on any atom is -0.369 e. The zero-order valence-corrected chi connectivity index (χ0v) is 18.4. The molecule has 0 aromatic carbocycles. The number of sulfone groups is 1. The third-order valence-corrected chi connectivity index (χ3v) is 8.40. The molecule has 4 heterocycles. The summed E-state index contributed by atoms with van der Waals surface area (Å²) in [5.74, 6) is 0.0308. The molecule has 33 heavy (non-hydrogen) atoms. The number of hydrogen-bond acceptors (Lipinski definition) is 6. The second kappa shape index (κ2) is 7.29. The van der Waals surface area contributed by atoms with E-state index in [1.165, 1.54) is 6.20 Å². The second-order valence-electron chi connectivity index (χ2n) is 9.77. The summed E-state index contributed by atoms with van der Waals surface area (Å²) in [5, 5.41) is 2.90. The van der Waals surface area contributed by atoms with Crippen LogP contribution in [0.4, 0.5) is 18.0 Å². The van der Waals surface area contributed by atoms with Crippen LogP contribution in [0.1, 0.15) is 18.4 Å². The number of rotatable bonds is 3. The standard InChI is InChI=1S/C20H23F3N4O5S/c21-20(22,23)33(30,31)15-2-13(5-24-6-15)1-14-3-18(4-14)8-26(9-18)17(29)27-10-19(11-27)12-32-7-16(28)25-19/h2,5-6,14H,1,3-4,7-12H2,(H,25,28). The maximum Gasteiger partial charge on any atom is 0.501 e. The van der Waals surface area contributed by atoms with E-state index in [1.807, 2.05) is 0 Å². The summed E-state index contributed by atoms with van der Waals surface area (Å²) >= 11 is 0. The number of morpholine rings is 1. The molecule has 3 saturated heterocycles. The van der Waals surface area contributed by atoms with Crippen molar-refractivity contribution in [1.82, 2.24) is 20.1 Å². The van der Waals surface area contributed by atoms with E-state index >= 15 is 0 Å². The molecule has 0 bridgehead atoms. The van der Waals surface area contributed by atoms with Crippen molar-refractivity contribution < 1.29 is 35.9 Å². The van der Waals surface area contributed by atoms with Gasteiger partial charge in [0.1, 0.15) is 6.61 Å². The van der Waals surface area contributed by atoms with Crippen molar-refractivity contribution in [2.45, 2.75) is 35.2 Å². The maximum absolute atomic E-state index is 12.8. The molecule has 1 aromatic heterocycles. The van der Waals surface area contributed by atoms with Gasteiger partial charge in [-0.15, -0.1) is 0 Å². The summed E-state index contributed by atoms with van der Waals surface area (Å²) < 4.78 is 66.8. The van der Waals surface area contributed by atoms with Crippen LogP contribution in [0.5, 0.6) is 0 Å². The quantitative estimate of drug-likeness (QED) is 0.679. The van der Waals surface area contributed by atoms with Gasteiger partial charge in [-0.2, -0.15) is 13.2 Å². The van der Waals surface area contributed by atoms with Crippen LogP contribution in [-0.2, 0) is 25.8 Å². The summed E-state index contributed by atoms with van der Waals surface area (Å²) in [7, 11) is -5.42. The zero-order chi connectivity index (χ0) is 23.6. The van der Waals surface area contributed by atoms with Crippen molar-refractivity contribution in [1.29, 1.82) is 0 Å². The molecule has 3 aliphatic heterocycles. The van der Waals surface area contributed by atoms with Gasteiger partial charge in [-0.25, -0.2) is 13.2 Å². The van der Waals surface area contributed by atoms with Crippen LogP contribution < -0.4 is 5.32 Å². The number of carbonyl (C=O) groups is 2. The lowest BCUT2D eigenvalue weighted by Crippen LogP contribution is -2.78. The summed E-state index contributed by atoms with van der Waals surface area (Å²) in [5.41, 5.74) is -5.36. The number of ether oxygens (including phenoxy) is 1. The maximum atomic E-state index is 12.8. The van der Waals surface area contributed by atoms with E-state index in [2.05, 4.69) is 10.3 Å². The molecule has 180 valence electrons. The highest BCUT2D eigenvalue weighted by Gasteiger charge is 2.56. The largest absolute Gasteiger partial charge is 0.501 e. The van der Waals surface area contributed by atoms with Gasteiger partial charge in [-0.1, -0.05) is 0 Å². The van der Waals surface area contributed by atoms with Gasteiger partial charge in [0, 0.05) is 44.0 Å². The van der Waals surface area contributed by atoms with Crippen LogP contribution in [0.25, 0.3) is 0 Å². The number of carbonyl (C=O) groups excluding carboxylic acids is 2. The van der Waals surface area contributed by atoms with Gasteiger partial charge < -0.3 is 19.9 Å². The number of hydrogen-bond donors (Lipinski definition) is 1. The molecule has 0 unspecified atom stereocenters. The number of urea groups is 1. The van der Waals surface area contributed by atoms with Gasteiger partial charge in [0.2, 0.25) is 5.91 Å². The van der Waals surface area contributed by atoms with Crippen LogP contribution in [0.3, 0.4) is 0 Å². The molecule has 1 N–H and O–H groups in total. The van der Waals surface area contributed by atoms with E-state index in [0.717, 1.165) is 25.1 Å². The molecule has 4 fully saturated rings. The molecule has 2 spiro atoms. The van der Waals surface area contributed by atoms with E-state index in [0.29, 0.717) is 44.8 Å². The summed E-state index contributed by atoms with van der Waals surface area (Å²) in [4.78, 5) is 30.5. The minimum absolute atomic E-state index is 0.0220. The zero-order valence-electron chi connectivity index (χ0n) is 17.6. The molecule has 1 aliphatic carbocycles. The van der Waals surface area contributed by atoms with Gasteiger partial charge in [0.05, 0.1) is 17.0 Å². The Morgan fingerprint density at radius 1 is 1.18 bits per heavy atom. The number of pyridine rings is 1. The number of nitrogens with one attached hydrogen (secondary N) is 1. The van der Waals surface area contributed by atoms with Crippen LogP contribution in [0, 0.1) is 11.3 Å². The number of halogens is 3. The van der Waals surface area contributed by atoms with E-state index in [4.69, 9.17) is 4.74 Å². The molecule has 1 saturated carbocycles. The monoisotopic (exact) mass is 488 g/mol. The Hall–Kier alpha value is -2.41. The van der Waals surface area contributed by atoms with Gasteiger partial charge >= 0.3 is 11.5 Å². The fourth-order valence-electron chi connectivity index (χ4n) is 5.55. The normalized spacial score (nSPS) is 24.2. The van der Waals surface area contributed by atoms with E-state index in [9.17, 15) is 31.2 Å². The average molecular weight is 488 g/mol. The van der Waals surface area contributed by atoms with Crippen molar-refractivity contribution >= 4 is 21.8 Å². The molecule has 4 aliphatic rings. The van der Waals surface area contributed by atoms with Crippen LogP contribution in [0.15, 0.2) is 23.4 Å². The Morgan fingerprint density at radius 2 is 1.85 bits per heavy atom. The third-order valence-electron chi connectivity index (χ3n) is 6.95. The minimum atomic E-state index is -5.42. The van der Waals surface area contributed by atoms with E-state index in [-0.39, 0.29) is 29.9 Å². The Kier molecular flexibility index (Phi) is 4.95. The van der Waals surface area contributed by atoms with Crippen molar-refractivity contribution in [3.8, 4) is 0 Å². The molecule has 0 radical (unpaired) electrons. The van der Waals surface area contributed by atoms with Crippen molar-refractivity contribution in [3.05, 3.63) is 24.0 Å². The number of nitrogens with zero attached hydrogens (tertiary/aromatic N) is 3. The van der Waals surface area contributed by atoms with Crippen molar-refractivity contribution in [2.75, 3.05) is 39.4 Å². The van der Waals surface area contributed by atoms with Crippen LogP contribution in [0.2, 0.25) is 0 Å². The lowest BCUT2D eigenvalue weighted by Gasteiger charge is -2.61. The molecule has 13 heteroatoms. The predicted molar refractivity (Wildman–Crippen MR) is 107 cm³/mol. The second-order valence-corrected chi connectivity index (χ2v) is 11.7. The van der Waals surface area contributed by atoms with E-state index in [1.54, 1.807) is 9.80 Å². The number of aromatic nitrogens is 1. The SMILES string of the molecule is O=C1COCC2(CN(C(=O)N3CC4(CC(Cc5cncc(S(=O)(=O)C(F)(F)F)c5)C4)C3)C2)N1. The number of likely N-dealkylation sites (tertiary alicyclic amines) is 2. The summed E-state index contributed by atoms with van der Waals surface area (Å²) in [6, 6.07) is 0.981. The van der Waals surface area contributed by atoms with Crippen LogP contribution >= 0.6 is 0 Å². The summed E-state index contributed by atoms with van der Waals surface area (Å²) in [6.45, 7) is 2.53. The topological polar surface area (TPSA) is 109 Å². The Bertz CT molecular complexity index is 1090. The number of amides is 3. The molecular weight excluding hydrogens is 465 g/mol. The Labute approximate surface area is 188 Å². The van der Waals surface area contributed by atoms with Gasteiger partial charge in [-0.05, 0) is 36.8 Å². The lowest BCUT2D eigenvalue weighted by atomic mass is 9.56. The first-order valence-electron chi connectivity index (χ1n) is 10.6. The average Bonchev–Trinajstić information content (AvgIpc) is 2.65. The molecule has 9 nitrogen and oxygen atoms in total. The molecule has 1 aromatic rings. The van der Waals surface area contributed by atoms with Crippen molar-refractivity contribution in [3.63, 3.8) is 0 Å². The summed E-state index contributed by atoms with van der Waals surface area (Å²) in [6.07, 6.45) is 4.19. The molecule has 0 atom stereocenters. The third kappa shape index (κ3) is 3.84. The first-order chi connectivity index (χ1) is 15.4. The first-order valence-corrected chi connectivity index (χ1v) is 12.1. The van der Waals surface area contributed by atoms with Gasteiger partial charge in [0.15, 0.2) is 0 Å². The highest BCUT2D eigenvalue weighted by Crippen LogP contribution is 2.53. The number of alkyl halides is 3. The Balaban J connectivity index is 1.10. The Morgan fingerprint density at radius 3 is 2.48 bits per heavy atom. The van der Waals surface area contributed by atoms with Crippen molar-refractivity contribution in [2.24, 2.45) is 11.3 Å². The first kappa shape index (κ1) is 22.4. The fraction of sp³-hybridized carbons (Fsp3) is 0.650. The van der Waals surface area contributed by atoms with Gasteiger partial charge in [-0.3, -0.25) is 9.78 Å².